The lowest BCUT2D eigenvalue weighted by Gasteiger charge is -2.07. The number of amides is 1. The van der Waals surface area contributed by atoms with Crippen LogP contribution in [0.1, 0.15) is 0 Å². The minimum atomic E-state index is -0.544. The van der Waals surface area contributed by atoms with Crippen LogP contribution in [0, 0.1) is 0 Å². The van der Waals surface area contributed by atoms with E-state index in [1.165, 1.54) is 0 Å². The summed E-state index contributed by atoms with van der Waals surface area (Å²) in [6.07, 6.45) is 1.45. The fraction of sp³-hybridized carbons (Fsp3) is 0.0667. The number of ether oxygens (including phenoxy) is 1. The Morgan fingerprint density at radius 1 is 1.19 bits per heavy atom. The highest BCUT2D eigenvalue weighted by Gasteiger charge is 2.05. The molecule has 1 amide bonds. The Morgan fingerprint density at radius 3 is 2.43 bits per heavy atom. The lowest BCUT2D eigenvalue weighted by Crippen LogP contribution is -2.16. The van der Waals surface area contributed by atoms with Gasteiger partial charge in [0.25, 0.3) is 0 Å². The molecule has 106 valence electrons. The van der Waals surface area contributed by atoms with Crippen LogP contribution >= 0.6 is 24.0 Å². The van der Waals surface area contributed by atoms with E-state index in [0.29, 0.717) is 17.1 Å². The fourth-order valence-electron chi connectivity index (χ4n) is 1.57. The second kappa shape index (κ2) is 7.59. The van der Waals surface area contributed by atoms with Crippen molar-refractivity contribution in [1.29, 1.82) is 0 Å². The van der Waals surface area contributed by atoms with Crippen LogP contribution < -0.4 is 10.1 Å². The number of carbonyl (C=O) groups is 1. The van der Waals surface area contributed by atoms with Crippen LogP contribution in [0.2, 0.25) is 0 Å². The minimum absolute atomic E-state index is 0.427. The first-order valence-electron chi connectivity index (χ1n) is 6.02. The fourth-order valence-corrected chi connectivity index (χ4v) is 2.08. The number of anilines is 1. The maximum atomic E-state index is 11.8. The molecule has 0 bridgehead atoms. The van der Waals surface area contributed by atoms with Crippen LogP contribution in [-0.2, 0) is 0 Å². The molecule has 0 heterocycles. The molecule has 21 heavy (non-hydrogen) atoms. The van der Waals surface area contributed by atoms with Crippen LogP contribution in [0.15, 0.2) is 58.4 Å². The van der Waals surface area contributed by atoms with Crippen LogP contribution in [0.3, 0.4) is 0 Å². The number of carbonyl (C=O) groups excluding carboxylic acids is 1. The summed E-state index contributed by atoms with van der Waals surface area (Å²) in [5.41, 5.74) is 1.34. The maximum absolute atomic E-state index is 11.8. The third-order valence-electron chi connectivity index (χ3n) is 2.56. The highest BCUT2D eigenvalue weighted by atomic mass is 32.2. The van der Waals surface area contributed by atoms with Gasteiger partial charge in [-0.3, -0.25) is 5.32 Å². The third kappa shape index (κ3) is 4.72. The molecule has 4 nitrogen and oxygen atoms in total. The highest BCUT2D eigenvalue weighted by molar-refractivity contribution is 7.98. The number of aliphatic imine (C=N–C) groups is 1. The van der Waals surface area contributed by atoms with Crippen molar-refractivity contribution in [2.24, 2.45) is 4.99 Å². The van der Waals surface area contributed by atoms with Gasteiger partial charge >= 0.3 is 6.09 Å². The zero-order chi connectivity index (χ0) is 15.1. The van der Waals surface area contributed by atoms with Gasteiger partial charge in [-0.1, -0.05) is 0 Å². The number of rotatable bonds is 4. The predicted molar refractivity (Wildman–Crippen MR) is 89.0 cm³/mol. The first kappa shape index (κ1) is 15.3. The Labute approximate surface area is 132 Å². The lowest BCUT2D eigenvalue weighted by molar-refractivity contribution is 0.215. The third-order valence-corrected chi connectivity index (χ3v) is 3.39. The summed E-state index contributed by atoms with van der Waals surface area (Å²) in [5, 5.41) is 4.93. The lowest BCUT2D eigenvalue weighted by atomic mass is 10.3. The van der Waals surface area contributed by atoms with Crippen molar-refractivity contribution in [3.05, 3.63) is 48.5 Å². The van der Waals surface area contributed by atoms with Crippen molar-refractivity contribution in [2.45, 2.75) is 4.90 Å². The Morgan fingerprint density at radius 2 is 1.86 bits per heavy atom. The monoisotopic (exact) mass is 316 g/mol. The molecule has 2 aromatic carbocycles. The number of hydrogen-bond acceptors (Lipinski definition) is 5. The summed E-state index contributed by atoms with van der Waals surface area (Å²) in [7, 11) is 0. The summed E-state index contributed by atoms with van der Waals surface area (Å²) < 4.78 is 5.16. The molecule has 0 saturated heterocycles. The second-order valence-corrected chi connectivity index (χ2v) is 5.00. The molecule has 1 N–H and O–H groups in total. The Bertz CT molecular complexity index is 663. The SMILES string of the molecule is CSc1ccc(NC(=O)Oc2ccc(N=C=S)cc2)cc1. The van der Waals surface area contributed by atoms with Crippen LogP contribution in [0.4, 0.5) is 16.2 Å². The number of nitrogens with one attached hydrogen (secondary N) is 1. The largest absolute Gasteiger partial charge is 0.417 e. The van der Waals surface area contributed by atoms with Gasteiger partial charge in [-0.2, -0.15) is 4.99 Å². The number of hydrogen-bond donors (Lipinski definition) is 1. The average molecular weight is 316 g/mol. The van der Waals surface area contributed by atoms with Gasteiger partial charge < -0.3 is 4.74 Å². The first-order chi connectivity index (χ1) is 10.2. The zero-order valence-corrected chi connectivity index (χ0v) is 12.8. The number of thiocarbonyl (C=S) groups is 1. The zero-order valence-electron chi connectivity index (χ0n) is 11.2. The van der Waals surface area contributed by atoms with E-state index in [-0.39, 0.29) is 0 Å². The van der Waals surface area contributed by atoms with Gasteiger partial charge in [0.2, 0.25) is 0 Å². The van der Waals surface area contributed by atoms with Crippen LogP contribution in [0.25, 0.3) is 0 Å². The van der Waals surface area contributed by atoms with Gasteiger partial charge in [0.15, 0.2) is 0 Å². The van der Waals surface area contributed by atoms with Crippen LogP contribution in [-0.4, -0.2) is 17.5 Å². The summed E-state index contributed by atoms with van der Waals surface area (Å²) in [5.74, 6) is 0.427. The molecule has 2 rings (SSSR count). The van der Waals surface area contributed by atoms with Crippen molar-refractivity contribution in [2.75, 3.05) is 11.6 Å². The topological polar surface area (TPSA) is 50.7 Å². The smallest absolute Gasteiger partial charge is 0.410 e. The van der Waals surface area contributed by atoms with Gasteiger partial charge in [0, 0.05) is 10.6 Å². The van der Waals surface area contributed by atoms with E-state index in [9.17, 15) is 4.79 Å². The molecule has 0 saturated carbocycles. The Balaban J connectivity index is 1.95. The molecule has 0 aliphatic carbocycles. The van der Waals surface area contributed by atoms with Gasteiger partial charge in [-0.15, -0.1) is 11.8 Å². The Kier molecular flexibility index (Phi) is 5.51. The summed E-state index contributed by atoms with van der Waals surface area (Å²) in [6, 6.07) is 14.2. The molecule has 6 heteroatoms. The molecule has 0 spiro atoms. The molecular weight excluding hydrogens is 304 g/mol. The number of thioether (sulfide) groups is 1. The van der Waals surface area contributed by atoms with E-state index in [0.717, 1.165) is 4.90 Å². The molecule has 0 atom stereocenters. The summed E-state index contributed by atoms with van der Waals surface area (Å²) in [4.78, 5) is 16.7. The predicted octanol–water partition coefficient (Wildman–Crippen LogP) is 4.75. The number of isothiocyanates is 1. The van der Waals surface area contributed by atoms with Crippen molar-refractivity contribution in [3.8, 4) is 5.75 Å². The molecule has 0 radical (unpaired) electrons. The van der Waals surface area contributed by atoms with Gasteiger partial charge in [-0.25, -0.2) is 4.79 Å². The second-order valence-electron chi connectivity index (χ2n) is 3.94. The molecule has 0 aliphatic heterocycles. The summed E-state index contributed by atoms with van der Waals surface area (Å²) in [6.45, 7) is 0. The van der Waals surface area contributed by atoms with Gasteiger partial charge in [-0.05, 0) is 67.0 Å². The maximum Gasteiger partial charge on any atom is 0.417 e. The molecule has 0 aromatic heterocycles. The van der Waals surface area contributed by atoms with Gasteiger partial charge in [0.05, 0.1) is 10.8 Å². The van der Waals surface area contributed by atoms with E-state index >= 15 is 0 Å². The molecule has 0 aliphatic rings. The minimum Gasteiger partial charge on any atom is -0.410 e. The standard InChI is InChI=1S/C15H12N2O2S2/c1-21-14-8-4-12(5-9-14)17-15(18)19-13-6-2-11(3-7-13)16-10-20/h2-9H,1H3,(H,17,18). The van der Waals surface area contributed by atoms with E-state index in [1.807, 2.05) is 30.5 Å². The van der Waals surface area contributed by atoms with E-state index in [1.54, 1.807) is 36.0 Å². The normalized spacial score (nSPS) is 9.57. The van der Waals surface area contributed by atoms with E-state index in [4.69, 9.17) is 4.74 Å². The van der Waals surface area contributed by atoms with Gasteiger partial charge in [0.1, 0.15) is 5.75 Å². The van der Waals surface area contributed by atoms with Crippen molar-refractivity contribution < 1.29 is 9.53 Å². The van der Waals surface area contributed by atoms with Crippen molar-refractivity contribution >= 4 is 46.6 Å². The quantitative estimate of drug-likeness (QED) is 0.502. The molecular formula is C15H12N2O2S2. The van der Waals surface area contributed by atoms with E-state index < -0.39 is 6.09 Å². The van der Waals surface area contributed by atoms with Crippen molar-refractivity contribution in [3.63, 3.8) is 0 Å². The molecule has 2 aromatic rings. The summed E-state index contributed by atoms with van der Waals surface area (Å²) >= 11 is 6.15. The number of benzene rings is 2. The van der Waals surface area contributed by atoms with Crippen LogP contribution in [0.5, 0.6) is 5.75 Å². The number of nitrogens with zero attached hydrogens (tertiary/aromatic N) is 1. The molecule has 0 unspecified atom stereocenters. The first-order valence-corrected chi connectivity index (χ1v) is 7.65. The van der Waals surface area contributed by atoms with Crippen molar-refractivity contribution in [1.82, 2.24) is 0 Å². The highest BCUT2D eigenvalue weighted by Crippen LogP contribution is 2.19. The Hall–Kier alpha value is -2.14. The van der Waals surface area contributed by atoms with E-state index in [2.05, 4.69) is 27.7 Å². The molecule has 0 fully saturated rings. The average Bonchev–Trinajstić information content (AvgIpc) is 2.50.